The summed E-state index contributed by atoms with van der Waals surface area (Å²) in [7, 11) is 0. The minimum Gasteiger partial charge on any atom is -0.389 e. The van der Waals surface area contributed by atoms with Crippen LogP contribution in [0.15, 0.2) is 42.5 Å². The van der Waals surface area contributed by atoms with Gasteiger partial charge in [0.05, 0.1) is 12.1 Å². The van der Waals surface area contributed by atoms with Crippen molar-refractivity contribution in [3.8, 4) is 0 Å². The van der Waals surface area contributed by atoms with Crippen molar-refractivity contribution in [3.63, 3.8) is 0 Å². The van der Waals surface area contributed by atoms with Crippen LogP contribution in [-0.2, 0) is 17.6 Å². The standard InChI is InChI=1S/C21H29N5O2/c27-19(16-17-8-4-3-5-9-17)13-11-18-12-14-21(28)26(18)15-7-2-1-6-10-20-22-24-25-23-20/h3-5,8-9,11,13,18-19,27H,1-2,6-7,10,12,14-16H2,(H,22,23,24,25)/b13-11-. The van der Waals surface area contributed by atoms with Crippen LogP contribution in [0.5, 0.6) is 0 Å². The average molecular weight is 383 g/mol. The fourth-order valence-corrected chi connectivity index (χ4v) is 3.63. The average Bonchev–Trinajstić information content (AvgIpc) is 3.34. The Hall–Kier alpha value is -2.54. The van der Waals surface area contributed by atoms with Gasteiger partial charge in [-0.25, -0.2) is 0 Å². The number of aryl methyl sites for hydroxylation is 1. The van der Waals surface area contributed by atoms with E-state index in [4.69, 9.17) is 0 Å². The van der Waals surface area contributed by atoms with Crippen LogP contribution >= 0.6 is 0 Å². The third-order valence-electron chi connectivity index (χ3n) is 5.16. The number of carbonyl (C=O) groups is 1. The number of carbonyl (C=O) groups excluding carboxylic acids is 1. The summed E-state index contributed by atoms with van der Waals surface area (Å²) in [5, 5.41) is 24.2. The van der Waals surface area contributed by atoms with Crippen molar-refractivity contribution in [2.24, 2.45) is 0 Å². The quantitative estimate of drug-likeness (QED) is 0.459. The minimum atomic E-state index is -0.523. The Bertz CT molecular complexity index is 733. The Labute approximate surface area is 165 Å². The number of unbranched alkanes of at least 4 members (excludes halogenated alkanes) is 3. The minimum absolute atomic E-state index is 0.109. The maximum absolute atomic E-state index is 12.2. The predicted molar refractivity (Wildman–Crippen MR) is 106 cm³/mol. The van der Waals surface area contributed by atoms with Crippen LogP contribution in [-0.4, -0.2) is 55.2 Å². The molecule has 7 heteroatoms. The lowest BCUT2D eigenvalue weighted by atomic mass is 10.1. The van der Waals surface area contributed by atoms with E-state index in [0.29, 0.717) is 12.8 Å². The molecule has 0 saturated carbocycles. The molecule has 3 rings (SSSR count). The van der Waals surface area contributed by atoms with E-state index < -0.39 is 6.10 Å². The molecule has 1 aromatic heterocycles. The van der Waals surface area contributed by atoms with Crippen molar-refractivity contribution in [3.05, 3.63) is 53.9 Å². The van der Waals surface area contributed by atoms with Crippen LogP contribution in [0.3, 0.4) is 0 Å². The number of amides is 1. The number of nitrogens with zero attached hydrogens (tertiary/aromatic N) is 4. The number of aromatic nitrogens is 4. The maximum Gasteiger partial charge on any atom is 0.223 e. The van der Waals surface area contributed by atoms with Gasteiger partial charge in [0.25, 0.3) is 0 Å². The zero-order valence-electron chi connectivity index (χ0n) is 16.2. The lowest BCUT2D eigenvalue weighted by Gasteiger charge is -2.22. The predicted octanol–water partition coefficient (Wildman–Crippen LogP) is 2.45. The number of aliphatic hydroxyl groups is 1. The molecule has 1 aliphatic heterocycles. The van der Waals surface area contributed by atoms with Crippen molar-refractivity contribution in [2.45, 2.75) is 63.5 Å². The van der Waals surface area contributed by atoms with E-state index in [1.807, 2.05) is 47.4 Å². The molecule has 2 aromatic rings. The Kier molecular flexibility index (Phi) is 7.72. The van der Waals surface area contributed by atoms with Gasteiger partial charge in [-0.1, -0.05) is 60.5 Å². The molecule has 1 saturated heterocycles. The highest BCUT2D eigenvalue weighted by molar-refractivity contribution is 5.79. The first-order valence-electron chi connectivity index (χ1n) is 10.1. The zero-order valence-corrected chi connectivity index (χ0v) is 16.2. The maximum atomic E-state index is 12.2. The molecule has 2 heterocycles. The highest BCUT2D eigenvalue weighted by Crippen LogP contribution is 2.21. The first-order chi connectivity index (χ1) is 13.7. The van der Waals surface area contributed by atoms with Gasteiger partial charge in [0.2, 0.25) is 5.91 Å². The van der Waals surface area contributed by atoms with Crippen molar-refractivity contribution in [1.29, 1.82) is 0 Å². The summed E-state index contributed by atoms with van der Waals surface area (Å²) < 4.78 is 0. The zero-order chi connectivity index (χ0) is 19.6. The van der Waals surface area contributed by atoms with E-state index in [-0.39, 0.29) is 11.9 Å². The summed E-state index contributed by atoms with van der Waals surface area (Å²) in [6.07, 6.45) is 10.4. The van der Waals surface area contributed by atoms with Crippen LogP contribution in [0.1, 0.15) is 49.9 Å². The molecule has 2 atom stereocenters. The molecule has 1 amide bonds. The van der Waals surface area contributed by atoms with Gasteiger partial charge in [-0.05, 0) is 24.8 Å². The lowest BCUT2D eigenvalue weighted by Crippen LogP contribution is -2.32. The van der Waals surface area contributed by atoms with E-state index >= 15 is 0 Å². The van der Waals surface area contributed by atoms with E-state index in [0.717, 1.165) is 56.5 Å². The highest BCUT2D eigenvalue weighted by Gasteiger charge is 2.28. The normalized spacial score (nSPS) is 18.2. The van der Waals surface area contributed by atoms with Gasteiger partial charge in [-0.2, -0.15) is 5.21 Å². The summed E-state index contributed by atoms with van der Waals surface area (Å²) in [6, 6.07) is 10.1. The van der Waals surface area contributed by atoms with E-state index in [2.05, 4.69) is 20.6 Å². The Morgan fingerprint density at radius 3 is 2.82 bits per heavy atom. The van der Waals surface area contributed by atoms with Crippen molar-refractivity contribution in [2.75, 3.05) is 6.54 Å². The van der Waals surface area contributed by atoms with Gasteiger partial charge in [0.15, 0.2) is 5.82 Å². The number of aromatic amines is 1. The smallest absolute Gasteiger partial charge is 0.223 e. The van der Waals surface area contributed by atoms with Crippen molar-refractivity contribution in [1.82, 2.24) is 25.5 Å². The van der Waals surface area contributed by atoms with Gasteiger partial charge < -0.3 is 10.0 Å². The van der Waals surface area contributed by atoms with Gasteiger partial charge in [0.1, 0.15) is 0 Å². The van der Waals surface area contributed by atoms with E-state index in [1.54, 1.807) is 0 Å². The number of aliphatic hydroxyl groups excluding tert-OH is 1. The van der Waals surface area contributed by atoms with Gasteiger partial charge >= 0.3 is 0 Å². The molecule has 0 bridgehead atoms. The van der Waals surface area contributed by atoms with Gasteiger partial charge in [-0.3, -0.25) is 4.79 Å². The first-order valence-corrected chi connectivity index (χ1v) is 10.1. The molecule has 2 N–H and O–H groups in total. The van der Waals surface area contributed by atoms with Crippen LogP contribution in [0.25, 0.3) is 0 Å². The molecule has 2 unspecified atom stereocenters. The highest BCUT2D eigenvalue weighted by atomic mass is 16.3. The monoisotopic (exact) mass is 383 g/mol. The Morgan fingerprint density at radius 2 is 2.04 bits per heavy atom. The SMILES string of the molecule is O=C1CCC(/C=C\C(O)Cc2ccccc2)N1CCCCCCc1nn[nH]n1. The Morgan fingerprint density at radius 1 is 1.21 bits per heavy atom. The van der Waals surface area contributed by atoms with E-state index in [1.165, 1.54) is 0 Å². The van der Waals surface area contributed by atoms with E-state index in [9.17, 15) is 9.90 Å². The number of rotatable bonds is 11. The van der Waals surface area contributed by atoms with Crippen molar-refractivity contribution >= 4 is 5.91 Å². The molecule has 1 aromatic carbocycles. The van der Waals surface area contributed by atoms with Gasteiger partial charge in [0, 0.05) is 25.8 Å². The summed E-state index contributed by atoms with van der Waals surface area (Å²) in [5.74, 6) is 0.980. The second kappa shape index (κ2) is 10.7. The fourth-order valence-electron chi connectivity index (χ4n) is 3.63. The second-order valence-corrected chi connectivity index (χ2v) is 7.33. The molecule has 150 valence electrons. The number of hydrogen-bond donors (Lipinski definition) is 2. The third-order valence-corrected chi connectivity index (χ3v) is 5.16. The fraction of sp³-hybridized carbons (Fsp3) is 0.524. The number of likely N-dealkylation sites (tertiary alicyclic amines) is 1. The van der Waals surface area contributed by atoms with Crippen LogP contribution in [0.4, 0.5) is 0 Å². The summed E-state index contributed by atoms with van der Waals surface area (Å²) >= 11 is 0. The molecular weight excluding hydrogens is 354 g/mol. The van der Waals surface area contributed by atoms with Crippen LogP contribution in [0, 0.1) is 0 Å². The molecule has 1 aliphatic rings. The number of nitrogens with one attached hydrogen (secondary N) is 1. The van der Waals surface area contributed by atoms with Crippen molar-refractivity contribution < 1.29 is 9.90 Å². The topological polar surface area (TPSA) is 95.0 Å². The summed E-state index contributed by atoms with van der Waals surface area (Å²) in [5.41, 5.74) is 1.11. The molecule has 0 aliphatic carbocycles. The van der Waals surface area contributed by atoms with Gasteiger partial charge in [-0.15, -0.1) is 10.2 Å². The number of tetrazole rings is 1. The number of H-pyrrole nitrogens is 1. The third kappa shape index (κ3) is 6.27. The second-order valence-electron chi connectivity index (χ2n) is 7.33. The first kappa shape index (κ1) is 20.2. The molecule has 28 heavy (non-hydrogen) atoms. The Balaban J connectivity index is 1.37. The van der Waals surface area contributed by atoms with Crippen LogP contribution < -0.4 is 0 Å². The largest absolute Gasteiger partial charge is 0.389 e. The molecular formula is C21H29N5O2. The molecule has 1 fully saturated rings. The molecule has 0 spiro atoms. The summed E-state index contributed by atoms with van der Waals surface area (Å²) in [6.45, 7) is 0.783. The van der Waals surface area contributed by atoms with Crippen LogP contribution in [0.2, 0.25) is 0 Å². The molecule has 0 radical (unpaired) electrons. The number of benzene rings is 1. The lowest BCUT2D eigenvalue weighted by molar-refractivity contribution is -0.128. The molecule has 7 nitrogen and oxygen atoms in total. The number of hydrogen-bond acceptors (Lipinski definition) is 5. The summed E-state index contributed by atoms with van der Waals surface area (Å²) in [4.78, 5) is 14.2.